The molecule has 1 aliphatic rings. The van der Waals surface area contributed by atoms with Crippen LogP contribution in [0, 0.1) is 0 Å². The van der Waals surface area contributed by atoms with Crippen LogP contribution in [-0.2, 0) is 6.42 Å². The van der Waals surface area contributed by atoms with Gasteiger partial charge in [-0.25, -0.2) is 0 Å². The standard InChI is InChI=1S/C15H14O5/c16-9-3-1-8(2-4-9)15-13(19)7-11-12(18)5-10(17)6-14(11)20-15/h1-6,13,15-19H,7H2/t13-,15?/m1/s1. The maximum atomic E-state index is 10.2. The van der Waals surface area contributed by atoms with Crippen LogP contribution < -0.4 is 4.74 Å². The first-order valence-corrected chi connectivity index (χ1v) is 6.23. The highest BCUT2D eigenvalue weighted by Crippen LogP contribution is 2.41. The van der Waals surface area contributed by atoms with Gasteiger partial charge >= 0.3 is 0 Å². The third-order valence-corrected chi connectivity index (χ3v) is 3.41. The molecule has 0 saturated heterocycles. The maximum absolute atomic E-state index is 10.2. The largest absolute Gasteiger partial charge is 0.508 e. The van der Waals surface area contributed by atoms with Gasteiger partial charge in [0.1, 0.15) is 29.1 Å². The molecular formula is C15H14O5. The molecule has 2 atom stereocenters. The van der Waals surface area contributed by atoms with Gasteiger partial charge in [0.2, 0.25) is 0 Å². The molecule has 4 N–H and O–H groups in total. The van der Waals surface area contributed by atoms with Crippen molar-refractivity contribution in [2.45, 2.75) is 18.6 Å². The number of hydrogen-bond acceptors (Lipinski definition) is 5. The molecule has 3 rings (SSSR count). The van der Waals surface area contributed by atoms with E-state index in [1.165, 1.54) is 24.3 Å². The number of aromatic hydroxyl groups is 3. The molecule has 5 nitrogen and oxygen atoms in total. The molecule has 20 heavy (non-hydrogen) atoms. The topological polar surface area (TPSA) is 90.2 Å². The van der Waals surface area contributed by atoms with Crippen molar-refractivity contribution in [2.24, 2.45) is 0 Å². The van der Waals surface area contributed by atoms with Gasteiger partial charge in [0, 0.05) is 24.1 Å². The highest BCUT2D eigenvalue weighted by Gasteiger charge is 2.31. The molecule has 0 spiro atoms. The van der Waals surface area contributed by atoms with Gasteiger partial charge in [-0.05, 0) is 17.7 Å². The lowest BCUT2D eigenvalue weighted by atomic mass is 9.94. The zero-order chi connectivity index (χ0) is 14.3. The summed E-state index contributed by atoms with van der Waals surface area (Å²) in [7, 11) is 0. The van der Waals surface area contributed by atoms with E-state index in [1.54, 1.807) is 12.1 Å². The number of ether oxygens (including phenoxy) is 1. The van der Waals surface area contributed by atoms with Gasteiger partial charge in [0.05, 0.1) is 6.10 Å². The molecule has 0 aromatic heterocycles. The molecule has 1 unspecified atom stereocenters. The van der Waals surface area contributed by atoms with Crippen LogP contribution in [0.25, 0.3) is 0 Å². The Labute approximate surface area is 115 Å². The molecule has 2 aromatic carbocycles. The average molecular weight is 274 g/mol. The fourth-order valence-corrected chi connectivity index (χ4v) is 2.41. The zero-order valence-corrected chi connectivity index (χ0v) is 10.5. The number of hydrogen-bond donors (Lipinski definition) is 4. The summed E-state index contributed by atoms with van der Waals surface area (Å²) >= 11 is 0. The Hall–Kier alpha value is -2.40. The van der Waals surface area contributed by atoms with Crippen LogP contribution in [0.5, 0.6) is 23.0 Å². The number of aliphatic hydroxyl groups is 1. The number of aliphatic hydroxyl groups excluding tert-OH is 1. The van der Waals surface area contributed by atoms with Crippen molar-refractivity contribution in [3.05, 3.63) is 47.5 Å². The highest BCUT2D eigenvalue weighted by atomic mass is 16.5. The van der Waals surface area contributed by atoms with Crippen LogP contribution in [0.15, 0.2) is 36.4 Å². The molecule has 0 saturated carbocycles. The third-order valence-electron chi connectivity index (χ3n) is 3.41. The van der Waals surface area contributed by atoms with E-state index in [-0.39, 0.29) is 23.7 Å². The number of phenolic OH excluding ortho intramolecular Hbond substituents is 3. The lowest BCUT2D eigenvalue weighted by molar-refractivity contribution is 0.0198. The second-order valence-electron chi connectivity index (χ2n) is 4.84. The van der Waals surface area contributed by atoms with Gasteiger partial charge in [0.15, 0.2) is 0 Å². The molecular weight excluding hydrogens is 260 g/mol. The summed E-state index contributed by atoms with van der Waals surface area (Å²) in [5.74, 6) is 0.297. The third kappa shape index (κ3) is 2.12. The van der Waals surface area contributed by atoms with E-state index < -0.39 is 12.2 Å². The molecule has 0 bridgehead atoms. The SMILES string of the molecule is Oc1ccc(C2Oc3cc(O)cc(O)c3C[C@H]2O)cc1. The Balaban J connectivity index is 1.98. The molecule has 104 valence electrons. The van der Waals surface area contributed by atoms with Gasteiger partial charge in [0.25, 0.3) is 0 Å². The Morgan fingerprint density at radius 1 is 0.950 bits per heavy atom. The highest BCUT2D eigenvalue weighted by molar-refractivity contribution is 5.51. The van der Waals surface area contributed by atoms with E-state index in [9.17, 15) is 20.4 Å². The molecule has 0 aliphatic carbocycles. The van der Waals surface area contributed by atoms with Crippen molar-refractivity contribution in [1.29, 1.82) is 0 Å². The van der Waals surface area contributed by atoms with Crippen LogP contribution >= 0.6 is 0 Å². The Bertz CT molecular complexity index is 635. The van der Waals surface area contributed by atoms with Crippen LogP contribution in [0.4, 0.5) is 0 Å². The van der Waals surface area contributed by atoms with E-state index in [1.807, 2.05) is 0 Å². The normalized spacial score (nSPS) is 21.1. The first kappa shape index (κ1) is 12.6. The predicted molar refractivity (Wildman–Crippen MR) is 71.0 cm³/mol. The summed E-state index contributed by atoms with van der Waals surface area (Å²) < 4.78 is 5.68. The molecule has 0 fully saturated rings. The molecule has 1 heterocycles. The first-order valence-electron chi connectivity index (χ1n) is 6.23. The lowest BCUT2D eigenvalue weighted by Crippen LogP contribution is -2.30. The Morgan fingerprint density at radius 3 is 2.35 bits per heavy atom. The van der Waals surface area contributed by atoms with E-state index >= 15 is 0 Å². The van der Waals surface area contributed by atoms with Crippen LogP contribution in [0.1, 0.15) is 17.2 Å². The summed E-state index contributed by atoms with van der Waals surface area (Å²) in [5.41, 5.74) is 1.19. The summed E-state index contributed by atoms with van der Waals surface area (Å²) in [6, 6.07) is 8.99. The van der Waals surface area contributed by atoms with Gasteiger partial charge < -0.3 is 25.2 Å². The Morgan fingerprint density at radius 2 is 1.65 bits per heavy atom. The van der Waals surface area contributed by atoms with E-state index in [4.69, 9.17) is 4.74 Å². The number of fused-ring (bicyclic) bond motifs is 1. The Kier molecular flexibility index (Phi) is 2.91. The summed E-state index contributed by atoms with van der Waals surface area (Å²) in [5, 5.41) is 38.7. The second kappa shape index (κ2) is 4.61. The van der Waals surface area contributed by atoms with Crippen molar-refractivity contribution in [2.75, 3.05) is 0 Å². The predicted octanol–water partition coefficient (Wildman–Crippen LogP) is 1.84. The number of rotatable bonds is 1. The number of benzene rings is 2. The van der Waals surface area contributed by atoms with Crippen LogP contribution in [0.2, 0.25) is 0 Å². The summed E-state index contributed by atoms with van der Waals surface area (Å²) in [6.45, 7) is 0. The van der Waals surface area contributed by atoms with Crippen molar-refractivity contribution >= 4 is 0 Å². The van der Waals surface area contributed by atoms with Crippen molar-refractivity contribution in [3.63, 3.8) is 0 Å². The lowest BCUT2D eigenvalue weighted by Gasteiger charge is -2.31. The van der Waals surface area contributed by atoms with Gasteiger partial charge in [-0.1, -0.05) is 12.1 Å². The molecule has 0 amide bonds. The monoisotopic (exact) mass is 274 g/mol. The second-order valence-corrected chi connectivity index (χ2v) is 4.84. The van der Waals surface area contributed by atoms with E-state index in [0.29, 0.717) is 16.9 Å². The van der Waals surface area contributed by atoms with E-state index in [2.05, 4.69) is 0 Å². The molecule has 5 heteroatoms. The first-order chi connectivity index (χ1) is 9.54. The van der Waals surface area contributed by atoms with Crippen molar-refractivity contribution in [3.8, 4) is 23.0 Å². The smallest absolute Gasteiger partial charge is 0.150 e. The van der Waals surface area contributed by atoms with E-state index in [0.717, 1.165) is 0 Å². The minimum absolute atomic E-state index is 0.0943. The fourth-order valence-electron chi connectivity index (χ4n) is 2.41. The summed E-state index contributed by atoms with van der Waals surface area (Å²) in [6.07, 6.45) is -1.20. The number of phenols is 3. The average Bonchev–Trinajstić information content (AvgIpc) is 2.40. The van der Waals surface area contributed by atoms with Gasteiger partial charge in [-0.15, -0.1) is 0 Å². The zero-order valence-electron chi connectivity index (χ0n) is 10.5. The van der Waals surface area contributed by atoms with Crippen LogP contribution in [0.3, 0.4) is 0 Å². The molecule has 2 aromatic rings. The van der Waals surface area contributed by atoms with Crippen molar-refractivity contribution in [1.82, 2.24) is 0 Å². The quantitative estimate of drug-likeness (QED) is 0.637. The molecule has 1 aliphatic heterocycles. The van der Waals surface area contributed by atoms with Crippen molar-refractivity contribution < 1.29 is 25.2 Å². The minimum atomic E-state index is -0.817. The fraction of sp³-hybridized carbons (Fsp3) is 0.200. The molecule has 0 radical (unpaired) electrons. The minimum Gasteiger partial charge on any atom is -0.508 e. The van der Waals surface area contributed by atoms with Gasteiger partial charge in [-0.2, -0.15) is 0 Å². The van der Waals surface area contributed by atoms with Crippen LogP contribution in [-0.4, -0.2) is 26.5 Å². The summed E-state index contributed by atoms with van der Waals surface area (Å²) in [4.78, 5) is 0. The maximum Gasteiger partial charge on any atom is 0.150 e. The van der Waals surface area contributed by atoms with Gasteiger partial charge in [-0.3, -0.25) is 0 Å².